The first kappa shape index (κ1) is 19.8. The lowest BCUT2D eigenvalue weighted by Gasteiger charge is -2.09. The van der Waals surface area contributed by atoms with Crippen molar-refractivity contribution in [2.24, 2.45) is 0 Å². The lowest BCUT2D eigenvalue weighted by Crippen LogP contribution is -2.24. The molecule has 0 spiro atoms. The molecule has 7 nitrogen and oxygen atoms in total. The maximum absolute atomic E-state index is 12.1. The minimum Gasteiger partial charge on any atom is -0.496 e. The Kier molecular flexibility index (Phi) is 6.91. The highest BCUT2D eigenvalue weighted by Crippen LogP contribution is 2.19. The Morgan fingerprint density at radius 2 is 1.89 bits per heavy atom. The first-order chi connectivity index (χ1) is 13.7. The van der Waals surface area contributed by atoms with Gasteiger partial charge in [-0.25, -0.2) is 4.98 Å². The van der Waals surface area contributed by atoms with E-state index in [0.717, 1.165) is 22.6 Å². The number of ether oxygens (including phenoxy) is 2. The number of methoxy groups -OCH3 is 1. The van der Waals surface area contributed by atoms with Gasteiger partial charge < -0.3 is 14.8 Å². The molecule has 3 aromatic rings. The third kappa shape index (κ3) is 5.50. The van der Waals surface area contributed by atoms with Crippen LogP contribution in [-0.2, 0) is 17.9 Å². The molecule has 0 atom stereocenters. The molecule has 146 valence electrons. The molecule has 2 N–H and O–H groups in total. The van der Waals surface area contributed by atoms with Gasteiger partial charge >= 0.3 is 0 Å². The summed E-state index contributed by atoms with van der Waals surface area (Å²) in [6, 6.07) is 15.4. The largest absolute Gasteiger partial charge is 0.496 e. The summed E-state index contributed by atoms with van der Waals surface area (Å²) in [4.78, 5) is 16.4. The Hall–Kier alpha value is -3.00. The second kappa shape index (κ2) is 9.80. The number of rotatable bonds is 9. The summed E-state index contributed by atoms with van der Waals surface area (Å²) in [5, 5.41) is 10.3. The van der Waals surface area contributed by atoms with Gasteiger partial charge in [-0.2, -0.15) is 0 Å². The summed E-state index contributed by atoms with van der Waals surface area (Å²) >= 11 is 1.27. The average molecular weight is 398 g/mol. The Bertz CT molecular complexity index is 929. The number of hydrogen-bond donors (Lipinski definition) is 2. The molecule has 0 saturated heterocycles. The zero-order chi connectivity index (χ0) is 19.8. The lowest BCUT2D eigenvalue weighted by atomic mass is 10.2. The number of thioether (sulfide) groups is 1. The number of para-hydroxylation sites is 2. The van der Waals surface area contributed by atoms with Gasteiger partial charge in [0.05, 0.1) is 12.9 Å². The number of carbonyl (C=O) groups is 1. The number of amides is 1. The summed E-state index contributed by atoms with van der Waals surface area (Å²) < 4.78 is 11.0. The average Bonchev–Trinajstić information content (AvgIpc) is 3.18. The van der Waals surface area contributed by atoms with Gasteiger partial charge in [0.15, 0.2) is 5.82 Å². The molecule has 1 heterocycles. The van der Waals surface area contributed by atoms with E-state index in [1.807, 2.05) is 55.5 Å². The summed E-state index contributed by atoms with van der Waals surface area (Å²) in [5.74, 6) is 2.30. The second-order valence-electron chi connectivity index (χ2n) is 6.00. The van der Waals surface area contributed by atoms with E-state index in [9.17, 15) is 4.79 Å². The van der Waals surface area contributed by atoms with Crippen LogP contribution < -0.4 is 14.8 Å². The number of benzene rings is 2. The molecule has 0 aliphatic rings. The number of aromatic amines is 1. The van der Waals surface area contributed by atoms with Crippen molar-refractivity contribution in [1.82, 2.24) is 20.5 Å². The lowest BCUT2D eigenvalue weighted by molar-refractivity contribution is -0.118. The van der Waals surface area contributed by atoms with E-state index >= 15 is 0 Å². The van der Waals surface area contributed by atoms with Crippen molar-refractivity contribution in [3.05, 3.63) is 65.5 Å². The fourth-order valence-corrected chi connectivity index (χ4v) is 3.14. The Balaban J connectivity index is 1.43. The first-order valence-corrected chi connectivity index (χ1v) is 9.75. The van der Waals surface area contributed by atoms with Crippen molar-refractivity contribution in [3.63, 3.8) is 0 Å². The van der Waals surface area contributed by atoms with E-state index in [1.54, 1.807) is 7.11 Å². The number of aromatic nitrogens is 3. The molecule has 8 heteroatoms. The van der Waals surface area contributed by atoms with Gasteiger partial charge in [0, 0.05) is 12.1 Å². The standard InChI is InChI=1S/C20H22N4O3S/c1-14-7-3-5-9-16(14)27-12-18-22-20(24-23-18)28-13-19(25)21-11-15-8-4-6-10-17(15)26-2/h3-10H,11-13H2,1-2H3,(H,21,25)(H,22,23,24). The van der Waals surface area contributed by atoms with Crippen LogP contribution >= 0.6 is 11.8 Å². The summed E-state index contributed by atoms with van der Waals surface area (Å²) in [6.45, 7) is 2.69. The van der Waals surface area contributed by atoms with Crippen molar-refractivity contribution in [2.45, 2.75) is 25.2 Å². The Labute approximate surface area is 167 Å². The van der Waals surface area contributed by atoms with E-state index in [4.69, 9.17) is 9.47 Å². The molecule has 0 unspecified atom stereocenters. The highest BCUT2D eigenvalue weighted by molar-refractivity contribution is 7.99. The monoisotopic (exact) mass is 398 g/mol. The van der Waals surface area contributed by atoms with E-state index in [1.165, 1.54) is 11.8 Å². The molecule has 0 fully saturated rings. The van der Waals surface area contributed by atoms with Crippen LogP contribution in [0.25, 0.3) is 0 Å². The zero-order valence-electron chi connectivity index (χ0n) is 15.8. The number of carbonyl (C=O) groups excluding carboxylic acids is 1. The third-order valence-electron chi connectivity index (χ3n) is 3.97. The molecular formula is C20H22N4O3S. The van der Waals surface area contributed by atoms with Crippen LogP contribution in [-0.4, -0.2) is 34.0 Å². The van der Waals surface area contributed by atoms with Crippen molar-refractivity contribution in [3.8, 4) is 11.5 Å². The maximum atomic E-state index is 12.1. The fourth-order valence-electron chi connectivity index (χ4n) is 2.50. The minimum atomic E-state index is -0.0987. The minimum absolute atomic E-state index is 0.0987. The fraction of sp³-hybridized carbons (Fsp3) is 0.250. The van der Waals surface area contributed by atoms with E-state index in [-0.39, 0.29) is 11.7 Å². The smallest absolute Gasteiger partial charge is 0.230 e. The van der Waals surface area contributed by atoms with Gasteiger partial charge in [0.1, 0.15) is 18.1 Å². The van der Waals surface area contributed by atoms with Crippen LogP contribution in [0.1, 0.15) is 17.0 Å². The van der Waals surface area contributed by atoms with Crippen LogP contribution in [0, 0.1) is 6.92 Å². The summed E-state index contributed by atoms with van der Waals surface area (Å²) in [6.07, 6.45) is 0. The van der Waals surface area contributed by atoms with E-state index in [2.05, 4.69) is 20.5 Å². The predicted octanol–water partition coefficient (Wildman–Crippen LogP) is 3.11. The first-order valence-electron chi connectivity index (χ1n) is 8.77. The molecule has 1 aromatic heterocycles. The number of aryl methyl sites for hydroxylation is 1. The van der Waals surface area contributed by atoms with Crippen molar-refractivity contribution in [2.75, 3.05) is 12.9 Å². The Morgan fingerprint density at radius 3 is 2.68 bits per heavy atom. The molecule has 0 bridgehead atoms. The van der Waals surface area contributed by atoms with Crippen LogP contribution in [0.4, 0.5) is 0 Å². The summed E-state index contributed by atoms with van der Waals surface area (Å²) in [5.41, 5.74) is 1.99. The normalized spacial score (nSPS) is 10.5. The number of hydrogen-bond acceptors (Lipinski definition) is 6. The van der Waals surface area contributed by atoms with Gasteiger partial charge in [-0.05, 0) is 24.6 Å². The molecule has 2 aromatic carbocycles. The maximum Gasteiger partial charge on any atom is 0.230 e. The van der Waals surface area contributed by atoms with Gasteiger partial charge in [-0.1, -0.05) is 48.2 Å². The van der Waals surface area contributed by atoms with E-state index in [0.29, 0.717) is 24.1 Å². The molecule has 0 aliphatic heterocycles. The van der Waals surface area contributed by atoms with Gasteiger partial charge in [0.25, 0.3) is 0 Å². The van der Waals surface area contributed by atoms with Gasteiger partial charge in [0.2, 0.25) is 11.1 Å². The molecule has 3 rings (SSSR count). The molecule has 28 heavy (non-hydrogen) atoms. The summed E-state index contributed by atoms with van der Waals surface area (Å²) in [7, 11) is 1.61. The molecule has 0 radical (unpaired) electrons. The number of H-pyrrole nitrogens is 1. The van der Waals surface area contributed by atoms with Crippen molar-refractivity contribution < 1.29 is 14.3 Å². The third-order valence-corrected chi connectivity index (χ3v) is 4.82. The number of nitrogens with one attached hydrogen (secondary N) is 2. The topological polar surface area (TPSA) is 89.1 Å². The highest BCUT2D eigenvalue weighted by atomic mass is 32.2. The van der Waals surface area contributed by atoms with Crippen LogP contribution in [0.3, 0.4) is 0 Å². The molecule has 0 aliphatic carbocycles. The number of nitrogens with zero attached hydrogens (tertiary/aromatic N) is 2. The zero-order valence-corrected chi connectivity index (χ0v) is 16.6. The molecule has 1 amide bonds. The quantitative estimate of drug-likeness (QED) is 0.539. The highest BCUT2D eigenvalue weighted by Gasteiger charge is 2.10. The van der Waals surface area contributed by atoms with E-state index < -0.39 is 0 Å². The van der Waals surface area contributed by atoms with Crippen molar-refractivity contribution in [1.29, 1.82) is 0 Å². The molecular weight excluding hydrogens is 376 g/mol. The van der Waals surface area contributed by atoms with Crippen LogP contribution in [0.5, 0.6) is 11.5 Å². The van der Waals surface area contributed by atoms with Crippen LogP contribution in [0.2, 0.25) is 0 Å². The Morgan fingerprint density at radius 1 is 1.14 bits per heavy atom. The molecule has 0 saturated carbocycles. The second-order valence-corrected chi connectivity index (χ2v) is 6.94. The van der Waals surface area contributed by atoms with Crippen molar-refractivity contribution >= 4 is 17.7 Å². The SMILES string of the molecule is COc1ccccc1CNC(=O)CSc1n[nH]c(COc2ccccc2C)n1. The van der Waals surface area contributed by atoms with Gasteiger partial charge in [-0.3, -0.25) is 9.89 Å². The van der Waals surface area contributed by atoms with Gasteiger partial charge in [-0.15, -0.1) is 5.10 Å². The van der Waals surface area contributed by atoms with Crippen LogP contribution in [0.15, 0.2) is 53.7 Å². The predicted molar refractivity (Wildman–Crippen MR) is 107 cm³/mol.